The molecule has 2 unspecified atom stereocenters. The van der Waals surface area contributed by atoms with E-state index in [1.54, 1.807) is 6.07 Å². The molecule has 0 amide bonds. The van der Waals surface area contributed by atoms with Crippen molar-refractivity contribution in [2.75, 3.05) is 18.6 Å². The van der Waals surface area contributed by atoms with E-state index in [-0.39, 0.29) is 11.1 Å². The summed E-state index contributed by atoms with van der Waals surface area (Å²) in [6.45, 7) is 2.82. The van der Waals surface area contributed by atoms with Gasteiger partial charge in [0, 0.05) is 31.2 Å². The van der Waals surface area contributed by atoms with Crippen LogP contribution in [0, 0.1) is 15.5 Å². The standard InChI is InChI=1S/C17H25N3O3/c1-3-23-15-11-14(17(15)9-5-4-6-10-17)19(2)16-8-7-13(12-18-16)20(21)22/h7-8,12,14-15H,3-6,9-11H2,1-2H3. The lowest BCUT2D eigenvalue weighted by Gasteiger charge is -2.60. The van der Waals surface area contributed by atoms with E-state index < -0.39 is 4.92 Å². The minimum absolute atomic E-state index is 0.0373. The molecule has 6 heteroatoms. The normalized spacial score (nSPS) is 25.8. The van der Waals surface area contributed by atoms with Crippen LogP contribution in [0.3, 0.4) is 0 Å². The summed E-state index contributed by atoms with van der Waals surface area (Å²) < 4.78 is 6.00. The average Bonchev–Trinajstić information content (AvgIpc) is 2.58. The second-order valence-electron chi connectivity index (χ2n) is 6.73. The van der Waals surface area contributed by atoms with Crippen LogP contribution in [0.25, 0.3) is 0 Å². The van der Waals surface area contributed by atoms with Crippen molar-refractivity contribution in [1.29, 1.82) is 0 Å². The molecule has 0 saturated heterocycles. The Bertz CT molecular complexity index is 555. The number of nitrogens with zero attached hydrogens (tertiary/aromatic N) is 3. The second-order valence-corrected chi connectivity index (χ2v) is 6.73. The zero-order chi connectivity index (χ0) is 16.4. The first-order valence-electron chi connectivity index (χ1n) is 8.53. The Balaban J connectivity index is 1.78. The molecule has 0 aromatic carbocycles. The van der Waals surface area contributed by atoms with Gasteiger partial charge in [-0.15, -0.1) is 0 Å². The summed E-state index contributed by atoms with van der Waals surface area (Å²) in [6, 6.07) is 3.70. The van der Waals surface area contributed by atoms with E-state index >= 15 is 0 Å². The van der Waals surface area contributed by atoms with Crippen molar-refractivity contribution in [3.05, 3.63) is 28.4 Å². The van der Waals surface area contributed by atoms with Crippen molar-refractivity contribution in [3.8, 4) is 0 Å². The summed E-state index contributed by atoms with van der Waals surface area (Å²) >= 11 is 0. The van der Waals surface area contributed by atoms with Gasteiger partial charge in [-0.3, -0.25) is 10.1 Å². The maximum atomic E-state index is 10.8. The van der Waals surface area contributed by atoms with E-state index in [0.717, 1.165) is 18.8 Å². The second kappa shape index (κ2) is 6.43. The fourth-order valence-electron chi connectivity index (χ4n) is 4.43. The predicted molar refractivity (Wildman–Crippen MR) is 88.6 cm³/mol. The lowest BCUT2D eigenvalue weighted by molar-refractivity contribution is -0.385. The van der Waals surface area contributed by atoms with Crippen molar-refractivity contribution < 1.29 is 9.66 Å². The van der Waals surface area contributed by atoms with Crippen molar-refractivity contribution >= 4 is 11.5 Å². The zero-order valence-electron chi connectivity index (χ0n) is 13.9. The highest BCUT2D eigenvalue weighted by Crippen LogP contribution is 2.55. The van der Waals surface area contributed by atoms with Gasteiger partial charge in [-0.2, -0.15) is 0 Å². The molecule has 2 aliphatic rings. The summed E-state index contributed by atoms with van der Waals surface area (Å²) in [5.74, 6) is 0.806. The maximum Gasteiger partial charge on any atom is 0.287 e. The van der Waals surface area contributed by atoms with Gasteiger partial charge in [0.25, 0.3) is 5.69 Å². The van der Waals surface area contributed by atoms with Gasteiger partial charge >= 0.3 is 0 Å². The van der Waals surface area contributed by atoms with Crippen LogP contribution in [-0.4, -0.2) is 35.7 Å². The van der Waals surface area contributed by atoms with Gasteiger partial charge in [-0.1, -0.05) is 19.3 Å². The number of ether oxygens (including phenoxy) is 1. The largest absolute Gasteiger partial charge is 0.378 e. The number of aromatic nitrogens is 1. The van der Waals surface area contributed by atoms with Crippen molar-refractivity contribution in [2.45, 2.75) is 57.6 Å². The smallest absolute Gasteiger partial charge is 0.287 e. The predicted octanol–water partition coefficient (Wildman–Crippen LogP) is 3.55. The Labute approximate surface area is 137 Å². The number of hydrogen-bond donors (Lipinski definition) is 0. The summed E-state index contributed by atoms with van der Waals surface area (Å²) in [7, 11) is 2.05. The first-order chi connectivity index (χ1) is 11.1. The minimum Gasteiger partial charge on any atom is -0.378 e. The van der Waals surface area contributed by atoms with Crippen LogP contribution in [0.1, 0.15) is 45.4 Å². The molecule has 23 heavy (non-hydrogen) atoms. The van der Waals surface area contributed by atoms with Gasteiger partial charge in [0.2, 0.25) is 0 Å². The molecule has 0 bridgehead atoms. The topological polar surface area (TPSA) is 68.5 Å². The third kappa shape index (κ3) is 2.80. The molecule has 2 atom stereocenters. The molecule has 0 radical (unpaired) electrons. The highest BCUT2D eigenvalue weighted by atomic mass is 16.6. The maximum absolute atomic E-state index is 10.8. The van der Waals surface area contributed by atoms with Crippen LogP contribution in [0.15, 0.2) is 18.3 Å². The monoisotopic (exact) mass is 319 g/mol. The third-order valence-corrected chi connectivity index (χ3v) is 5.67. The fraction of sp³-hybridized carbons (Fsp3) is 0.706. The molecule has 1 heterocycles. The minimum atomic E-state index is -0.409. The third-order valence-electron chi connectivity index (χ3n) is 5.67. The SMILES string of the molecule is CCOC1CC(N(C)c2ccc([N+](=O)[O-])cn2)C12CCCCC2. The number of hydrogen-bond acceptors (Lipinski definition) is 5. The molecule has 1 aromatic rings. The first kappa shape index (κ1) is 16.2. The Morgan fingerprint density at radius 1 is 1.39 bits per heavy atom. The lowest BCUT2D eigenvalue weighted by Crippen LogP contribution is -2.65. The summed E-state index contributed by atoms with van der Waals surface area (Å²) in [4.78, 5) is 16.9. The van der Waals surface area contributed by atoms with Crippen molar-refractivity contribution in [2.24, 2.45) is 5.41 Å². The fourth-order valence-corrected chi connectivity index (χ4v) is 4.43. The molecule has 1 spiro atoms. The molecular weight excluding hydrogens is 294 g/mol. The van der Waals surface area contributed by atoms with Gasteiger partial charge < -0.3 is 9.64 Å². The van der Waals surface area contributed by atoms with E-state index in [2.05, 4.69) is 23.9 Å². The highest BCUT2D eigenvalue weighted by molar-refractivity contribution is 5.45. The average molecular weight is 319 g/mol. The molecule has 126 valence electrons. The van der Waals surface area contributed by atoms with Crippen LogP contribution in [0.2, 0.25) is 0 Å². The number of anilines is 1. The number of rotatable bonds is 5. The molecule has 1 aromatic heterocycles. The van der Waals surface area contributed by atoms with Crippen LogP contribution in [0.4, 0.5) is 11.5 Å². The van der Waals surface area contributed by atoms with E-state index in [4.69, 9.17) is 4.74 Å². The van der Waals surface area contributed by atoms with Gasteiger partial charge in [-0.25, -0.2) is 4.98 Å². The Hall–Kier alpha value is -1.69. The molecule has 3 rings (SSSR count). The molecule has 2 fully saturated rings. The molecule has 0 aliphatic heterocycles. The summed E-state index contributed by atoms with van der Waals surface area (Å²) in [5, 5.41) is 10.8. The Morgan fingerprint density at radius 2 is 2.13 bits per heavy atom. The van der Waals surface area contributed by atoms with E-state index in [1.165, 1.54) is 44.4 Å². The Kier molecular flexibility index (Phi) is 4.53. The van der Waals surface area contributed by atoms with E-state index in [1.807, 2.05) is 0 Å². The van der Waals surface area contributed by atoms with Gasteiger partial charge in [0.15, 0.2) is 0 Å². The van der Waals surface area contributed by atoms with Crippen LogP contribution in [-0.2, 0) is 4.74 Å². The molecule has 6 nitrogen and oxygen atoms in total. The quantitative estimate of drug-likeness (QED) is 0.613. The molecular formula is C17H25N3O3. The molecule has 2 aliphatic carbocycles. The van der Waals surface area contributed by atoms with Crippen molar-refractivity contribution in [1.82, 2.24) is 4.98 Å². The highest BCUT2D eigenvalue weighted by Gasteiger charge is 2.57. The zero-order valence-corrected chi connectivity index (χ0v) is 13.9. The van der Waals surface area contributed by atoms with Crippen LogP contribution < -0.4 is 4.90 Å². The summed E-state index contributed by atoms with van der Waals surface area (Å²) in [6.07, 6.45) is 8.97. The number of pyridine rings is 1. The van der Waals surface area contributed by atoms with Gasteiger partial charge in [-0.05, 0) is 32.3 Å². The summed E-state index contributed by atoms with van der Waals surface area (Å²) in [5.41, 5.74) is 0.266. The van der Waals surface area contributed by atoms with E-state index in [9.17, 15) is 10.1 Å². The number of nitro groups is 1. The van der Waals surface area contributed by atoms with Gasteiger partial charge in [0.1, 0.15) is 12.0 Å². The Morgan fingerprint density at radius 3 is 2.70 bits per heavy atom. The molecule has 2 saturated carbocycles. The van der Waals surface area contributed by atoms with Crippen LogP contribution in [0.5, 0.6) is 0 Å². The van der Waals surface area contributed by atoms with E-state index in [0.29, 0.717) is 12.1 Å². The van der Waals surface area contributed by atoms with Gasteiger partial charge in [0.05, 0.1) is 11.0 Å². The lowest BCUT2D eigenvalue weighted by atomic mass is 9.54. The first-order valence-corrected chi connectivity index (χ1v) is 8.53. The van der Waals surface area contributed by atoms with Crippen LogP contribution >= 0.6 is 0 Å². The molecule has 0 N–H and O–H groups in total. The van der Waals surface area contributed by atoms with Crippen molar-refractivity contribution in [3.63, 3.8) is 0 Å².